The van der Waals surface area contributed by atoms with Crippen LogP contribution in [0.2, 0.25) is 0 Å². The quantitative estimate of drug-likeness (QED) is 0.173. The van der Waals surface area contributed by atoms with Crippen LogP contribution in [0.15, 0.2) is 152 Å². The molecule has 0 saturated heterocycles. The molecule has 0 saturated carbocycles. The Labute approximate surface area is 291 Å². The fourth-order valence-electron chi connectivity index (χ4n) is 9.71. The van der Waals surface area contributed by atoms with Gasteiger partial charge in [-0.25, -0.2) is 0 Å². The van der Waals surface area contributed by atoms with Gasteiger partial charge in [0.25, 0.3) is 0 Å². The Balaban J connectivity index is 1.17. The monoisotopic (exact) mass is 630 g/mol. The standard InChI is InChI=1S/C49H42/c1-6-15-33(26-24-32-25-28-37-35-16-7-9-18-39(35)47(2,3)46(37)30-32)34-27-29-41-38(31-34)36-17-8-10-19-40(36)49(41)44-22-13-11-20-42(44)48(4,5)43-21-12-14-23-45(43)49/h6-7,9-16,18-31H,1,8,17H2,2-5H3/b26-24-,33-15+. The van der Waals surface area contributed by atoms with Crippen molar-refractivity contribution in [2.45, 2.75) is 56.8 Å². The maximum Gasteiger partial charge on any atom is 0.0716 e. The zero-order valence-corrected chi connectivity index (χ0v) is 29.0. The first-order valence-electron chi connectivity index (χ1n) is 17.8. The summed E-state index contributed by atoms with van der Waals surface area (Å²) < 4.78 is 0. The number of fused-ring (bicyclic) bond motifs is 11. The smallest absolute Gasteiger partial charge is 0.0716 e. The van der Waals surface area contributed by atoms with E-state index in [1.165, 1.54) is 83.5 Å². The normalized spacial score (nSPS) is 18.5. The van der Waals surface area contributed by atoms with Crippen molar-refractivity contribution >= 4 is 17.2 Å². The molecule has 4 aliphatic rings. The maximum atomic E-state index is 4.11. The second kappa shape index (κ2) is 10.6. The summed E-state index contributed by atoms with van der Waals surface area (Å²) >= 11 is 0. The molecular formula is C49H42. The fraction of sp³-hybridized carbons (Fsp3) is 0.184. The lowest BCUT2D eigenvalue weighted by molar-refractivity contribution is 0.561. The molecule has 49 heavy (non-hydrogen) atoms. The molecule has 0 amide bonds. The summed E-state index contributed by atoms with van der Waals surface area (Å²) in [6.45, 7) is 13.6. The lowest BCUT2D eigenvalue weighted by Crippen LogP contribution is -2.41. The molecule has 0 aromatic heterocycles. The van der Waals surface area contributed by atoms with Gasteiger partial charge in [-0.2, -0.15) is 0 Å². The Morgan fingerprint density at radius 3 is 1.96 bits per heavy atom. The minimum Gasteiger partial charge on any atom is -0.0990 e. The second-order valence-corrected chi connectivity index (χ2v) is 15.2. The molecule has 0 fully saturated rings. The summed E-state index contributed by atoms with van der Waals surface area (Å²) in [5.41, 5.74) is 20.1. The van der Waals surface area contributed by atoms with E-state index < -0.39 is 0 Å². The summed E-state index contributed by atoms with van der Waals surface area (Å²) in [5, 5.41) is 0. The highest BCUT2D eigenvalue weighted by atomic mass is 14.5. The third-order valence-corrected chi connectivity index (χ3v) is 12.0. The molecule has 5 aromatic carbocycles. The molecule has 0 N–H and O–H groups in total. The minimum atomic E-state index is -0.324. The first kappa shape index (κ1) is 29.9. The van der Waals surface area contributed by atoms with Crippen molar-refractivity contribution in [2.75, 3.05) is 0 Å². The number of rotatable bonds is 4. The summed E-state index contributed by atoms with van der Waals surface area (Å²) in [5.74, 6) is 0. The van der Waals surface area contributed by atoms with Gasteiger partial charge in [-0.1, -0.05) is 174 Å². The fourth-order valence-corrected chi connectivity index (χ4v) is 9.71. The molecular weight excluding hydrogens is 589 g/mol. The van der Waals surface area contributed by atoms with E-state index in [2.05, 4.69) is 174 Å². The molecule has 0 atom stereocenters. The minimum absolute atomic E-state index is 0.0169. The van der Waals surface area contributed by atoms with Crippen molar-refractivity contribution in [3.05, 3.63) is 207 Å². The predicted octanol–water partition coefficient (Wildman–Crippen LogP) is 12.4. The molecule has 0 radical (unpaired) electrons. The highest BCUT2D eigenvalue weighted by Crippen LogP contribution is 2.62. The van der Waals surface area contributed by atoms with Gasteiger partial charge in [0.1, 0.15) is 0 Å². The van der Waals surface area contributed by atoms with Crippen molar-refractivity contribution < 1.29 is 0 Å². The SMILES string of the molecule is C=C/C=C(\C=C/c1ccc2c(c1)C(C)(C)c1ccccc1-2)c1ccc2c(c1)C1=C(C=CCC1)C21c2ccccc2C(C)(C)c2ccccc21. The first-order chi connectivity index (χ1) is 23.8. The Bertz CT molecular complexity index is 2290. The van der Waals surface area contributed by atoms with Gasteiger partial charge in [-0.05, 0) is 102 Å². The van der Waals surface area contributed by atoms with Gasteiger partial charge in [0.2, 0.25) is 0 Å². The van der Waals surface area contributed by atoms with Gasteiger partial charge in [-0.3, -0.25) is 0 Å². The summed E-state index contributed by atoms with van der Waals surface area (Å²) in [6.07, 6.45) is 15.6. The molecule has 4 aliphatic carbocycles. The van der Waals surface area contributed by atoms with Crippen molar-refractivity contribution in [3.63, 3.8) is 0 Å². The Hall–Kier alpha value is -5.20. The van der Waals surface area contributed by atoms with E-state index in [1.54, 1.807) is 0 Å². The summed E-state index contributed by atoms with van der Waals surface area (Å²) in [6, 6.07) is 41.5. The van der Waals surface area contributed by atoms with Gasteiger partial charge < -0.3 is 0 Å². The summed E-state index contributed by atoms with van der Waals surface area (Å²) in [4.78, 5) is 0. The van der Waals surface area contributed by atoms with Crippen molar-refractivity contribution in [3.8, 4) is 11.1 Å². The molecule has 0 nitrogen and oxygen atoms in total. The Morgan fingerprint density at radius 1 is 0.612 bits per heavy atom. The number of allylic oxidation sites excluding steroid dienone is 8. The van der Waals surface area contributed by atoms with E-state index in [1.807, 2.05) is 6.08 Å². The van der Waals surface area contributed by atoms with E-state index in [0.717, 1.165) is 12.8 Å². The molecule has 0 unspecified atom stereocenters. The largest absolute Gasteiger partial charge is 0.0990 e. The number of benzene rings is 5. The third kappa shape index (κ3) is 4.04. The van der Waals surface area contributed by atoms with Gasteiger partial charge in [-0.15, -0.1) is 0 Å². The number of hydrogen-bond donors (Lipinski definition) is 0. The molecule has 0 aliphatic heterocycles. The van der Waals surface area contributed by atoms with Crippen molar-refractivity contribution in [1.29, 1.82) is 0 Å². The molecule has 0 bridgehead atoms. The maximum absolute atomic E-state index is 4.11. The van der Waals surface area contributed by atoms with Crippen molar-refractivity contribution in [1.82, 2.24) is 0 Å². The average molecular weight is 631 g/mol. The molecule has 9 rings (SSSR count). The van der Waals surface area contributed by atoms with Crippen LogP contribution in [0.25, 0.3) is 28.3 Å². The van der Waals surface area contributed by atoms with Crippen LogP contribution in [0.5, 0.6) is 0 Å². The Kier molecular flexibility index (Phi) is 6.50. The number of hydrogen-bond acceptors (Lipinski definition) is 0. The highest BCUT2D eigenvalue weighted by Gasteiger charge is 2.53. The van der Waals surface area contributed by atoms with Crippen molar-refractivity contribution in [2.24, 2.45) is 0 Å². The molecule has 1 spiro atoms. The van der Waals surface area contributed by atoms with E-state index >= 15 is 0 Å². The first-order valence-corrected chi connectivity index (χ1v) is 17.8. The Morgan fingerprint density at radius 2 is 1.24 bits per heavy atom. The molecule has 0 heterocycles. The van der Waals surface area contributed by atoms with Gasteiger partial charge in [0.05, 0.1) is 5.41 Å². The zero-order valence-electron chi connectivity index (χ0n) is 29.0. The lowest BCUT2D eigenvalue weighted by Gasteiger charge is -2.47. The van der Waals surface area contributed by atoms with Crippen LogP contribution in [-0.2, 0) is 16.2 Å². The van der Waals surface area contributed by atoms with Gasteiger partial charge >= 0.3 is 0 Å². The van der Waals surface area contributed by atoms with Crippen LogP contribution in [0.1, 0.15) is 96.2 Å². The molecule has 5 aromatic rings. The van der Waals surface area contributed by atoms with Crippen LogP contribution >= 0.6 is 0 Å². The summed E-state index contributed by atoms with van der Waals surface area (Å²) in [7, 11) is 0. The predicted molar refractivity (Wildman–Crippen MR) is 208 cm³/mol. The van der Waals surface area contributed by atoms with E-state index in [0.29, 0.717) is 0 Å². The van der Waals surface area contributed by atoms with Gasteiger partial charge in [0, 0.05) is 10.8 Å². The third-order valence-electron chi connectivity index (χ3n) is 12.0. The van der Waals surface area contributed by atoms with Gasteiger partial charge in [0.15, 0.2) is 0 Å². The van der Waals surface area contributed by atoms with Crippen LogP contribution in [-0.4, -0.2) is 0 Å². The van der Waals surface area contributed by atoms with Crippen LogP contribution < -0.4 is 0 Å². The zero-order chi connectivity index (χ0) is 33.5. The van der Waals surface area contributed by atoms with E-state index in [9.17, 15) is 0 Å². The molecule has 238 valence electrons. The van der Waals surface area contributed by atoms with Crippen LogP contribution in [0.4, 0.5) is 0 Å². The van der Waals surface area contributed by atoms with E-state index in [-0.39, 0.29) is 16.2 Å². The second-order valence-electron chi connectivity index (χ2n) is 15.2. The lowest BCUT2D eigenvalue weighted by atomic mass is 9.55. The van der Waals surface area contributed by atoms with E-state index in [4.69, 9.17) is 0 Å². The highest BCUT2D eigenvalue weighted by molar-refractivity contribution is 5.92. The van der Waals surface area contributed by atoms with Crippen LogP contribution in [0, 0.1) is 0 Å². The molecule has 0 heteroatoms. The topological polar surface area (TPSA) is 0 Å². The van der Waals surface area contributed by atoms with Crippen LogP contribution in [0.3, 0.4) is 0 Å². The average Bonchev–Trinajstić information content (AvgIpc) is 3.55.